The lowest BCUT2D eigenvalue weighted by Gasteiger charge is -2.23. The summed E-state index contributed by atoms with van der Waals surface area (Å²) in [5.41, 5.74) is 7.60. The molecule has 0 amide bonds. The molecule has 204 valence electrons. The van der Waals surface area contributed by atoms with Crippen LogP contribution in [-0.4, -0.2) is 22.5 Å². The molecule has 0 saturated carbocycles. The average Bonchev–Trinajstić information content (AvgIpc) is 3.61. The molecule has 0 spiro atoms. The predicted octanol–water partition coefficient (Wildman–Crippen LogP) is 8.60. The number of imidazole rings is 1. The summed E-state index contributed by atoms with van der Waals surface area (Å²) in [4.78, 5) is 5.49. The zero-order valence-corrected chi connectivity index (χ0v) is 23.7. The summed E-state index contributed by atoms with van der Waals surface area (Å²) in [5, 5.41) is 2.40. The Kier molecular flexibility index (Phi) is 4.93. The van der Waals surface area contributed by atoms with Crippen molar-refractivity contribution >= 4 is 42.7 Å². The van der Waals surface area contributed by atoms with E-state index in [1.54, 1.807) is 12.1 Å². The number of rotatable bonds is 3. The largest absolute Gasteiger partial charge is 0.309 e. The highest BCUT2D eigenvalue weighted by Crippen LogP contribution is 2.45. The SMILES string of the molecule is O=S1(=O)c2c(-c3ccc(-n4c5ccccc5c5ccccc54)cc3)cccc2-n2c(-c3ccccc3)nc3cccc1c32. The highest BCUT2D eigenvalue weighted by molar-refractivity contribution is 7.92. The van der Waals surface area contributed by atoms with Gasteiger partial charge in [0.25, 0.3) is 0 Å². The van der Waals surface area contributed by atoms with Crippen molar-refractivity contribution in [2.45, 2.75) is 9.79 Å². The van der Waals surface area contributed by atoms with Crippen molar-refractivity contribution in [1.82, 2.24) is 14.1 Å². The van der Waals surface area contributed by atoms with Crippen molar-refractivity contribution < 1.29 is 8.42 Å². The molecule has 0 aliphatic carbocycles. The molecule has 5 nitrogen and oxygen atoms in total. The Hall–Kier alpha value is -5.46. The van der Waals surface area contributed by atoms with E-state index in [2.05, 4.69) is 65.2 Å². The molecule has 0 fully saturated rings. The first-order valence-corrected chi connectivity index (χ1v) is 15.6. The van der Waals surface area contributed by atoms with Crippen LogP contribution in [0.4, 0.5) is 0 Å². The number of aromatic nitrogens is 3. The summed E-state index contributed by atoms with van der Waals surface area (Å²) in [6.45, 7) is 0. The van der Waals surface area contributed by atoms with E-state index < -0.39 is 9.84 Å². The molecule has 0 radical (unpaired) electrons. The Morgan fingerprint density at radius 1 is 0.535 bits per heavy atom. The summed E-state index contributed by atoms with van der Waals surface area (Å²) in [5.74, 6) is 0.720. The Morgan fingerprint density at radius 2 is 1.19 bits per heavy atom. The fraction of sp³-hybridized carbons (Fsp3) is 0. The van der Waals surface area contributed by atoms with Crippen LogP contribution in [0.15, 0.2) is 149 Å². The van der Waals surface area contributed by atoms with Crippen LogP contribution in [0.2, 0.25) is 0 Å². The summed E-state index contributed by atoms with van der Waals surface area (Å²) in [6, 6.07) is 46.0. The van der Waals surface area contributed by atoms with E-state index in [0.717, 1.165) is 33.7 Å². The fourth-order valence-electron chi connectivity index (χ4n) is 6.64. The van der Waals surface area contributed by atoms with E-state index in [4.69, 9.17) is 4.98 Å². The van der Waals surface area contributed by atoms with Gasteiger partial charge in [-0.15, -0.1) is 0 Å². The van der Waals surface area contributed by atoms with Gasteiger partial charge in [-0.25, -0.2) is 13.4 Å². The van der Waals surface area contributed by atoms with Gasteiger partial charge in [0.2, 0.25) is 9.84 Å². The maximum absolute atomic E-state index is 14.3. The third-order valence-electron chi connectivity index (χ3n) is 8.48. The topological polar surface area (TPSA) is 56.9 Å². The molecule has 0 N–H and O–H groups in total. The van der Waals surface area contributed by atoms with Gasteiger partial charge < -0.3 is 4.57 Å². The van der Waals surface area contributed by atoms with Crippen molar-refractivity contribution in [1.29, 1.82) is 0 Å². The van der Waals surface area contributed by atoms with Crippen LogP contribution in [0.5, 0.6) is 0 Å². The average molecular weight is 574 g/mol. The van der Waals surface area contributed by atoms with Crippen molar-refractivity contribution in [3.05, 3.63) is 140 Å². The maximum atomic E-state index is 14.3. The minimum absolute atomic E-state index is 0.279. The Balaban J connectivity index is 1.26. The van der Waals surface area contributed by atoms with Gasteiger partial charge in [-0.05, 0) is 48.0 Å². The molecule has 0 atom stereocenters. The molecule has 3 heterocycles. The second-order valence-corrected chi connectivity index (χ2v) is 12.7. The number of sulfone groups is 1. The van der Waals surface area contributed by atoms with Gasteiger partial charge in [-0.2, -0.15) is 0 Å². The molecule has 0 saturated heterocycles. The highest BCUT2D eigenvalue weighted by atomic mass is 32.2. The van der Waals surface area contributed by atoms with Crippen LogP contribution < -0.4 is 0 Å². The number of hydrogen-bond donors (Lipinski definition) is 0. The third kappa shape index (κ3) is 3.32. The summed E-state index contributed by atoms with van der Waals surface area (Å²) in [6.07, 6.45) is 0. The zero-order chi connectivity index (χ0) is 28.7. The van der Waals surface area contributed by atoms with Crippen LogP contribution in [0.3, 0.4) is 0 Å². The van der Waals surface area contributed by atoms with E-state index >= 15 is 0 Å². The molecule has 43 heavy (non-hydrogen) atoms. The van der Waals surface area contributed by atoms with E-state index in [0.29, 0.717) is 27.2 Å². The van der Waals surface area contributed by atoms with Crippen LogP contribution >= 0.6 is 0 Å². The molecule has 2 aromatic heterocycles. The second-order valence-electron chi connectivity index (χ2n) is 10.8. The first-order valence-electron chi connectivity index (χ1n) is 14.2. The molecule has 1 aliphatic heterocycles. The fourth-order valence-corrected chi connectivity index (χ4v) is 8.48. The molecule has 8 aromatic rings. The molecule has 9 rings (SSSR count). The summed E-state index contributed by atoms with van der Waals surface area (Å²) < 4.78 is 32.9. The van der Waals surface area contributed by atoms with Crippen molar-refractivity contribution in [3.8, 4) is 33.9 Å². The molecule has 0 unspecified atom stereocenters. The van der Waals surface area contributed by atoms with E-state index in [1.165, 1.54) is 10.8 Å². The minimum Gasteiger partial charge on any atom is -0.309 e. The lowest BCUT2D eigenvalue weighted by atomic mass is 10.0. The first kappa shape index (κ1) is 24.2. The predicted molar refractivity (Wildman–Crippen MR) is 172 cm³/mol. The minimum atomic E-state index is -3.83. The van der Waals surface area contributed by atoms with Crippen molar-refractivity contribution in [3.63, 3.8) is 0 Å². The van der Waals surface area contributed by atoms with Crippen LogP contribution in [0.25, 0.3) is 66.7 Å². The number of hydrogen-bond acceptors (Lipinski definition) is 3. The second kappa shape index (κ2) is 8.77. The molecule has 6 aromatic carbocycles. The third-order valence-corrected chi connectivity index (χ3v) is 10.4. The van der Waals surface area contributed by atoms with Gasteiger partial charge in [0.05, 0.1) is 32.6 Å². The zero-order valence-electron chi connectivity index (χ0n) is 22.8. The standard InChI is InChI=1S/C37H23N3O2S/c41-43(42)34-19-9-15-30-35(34)40(37(38-30)25-10-2-1-3-11-25)33-18-8-14-27(36(33)43)24-20-22-26(23-21-24)39-31-16-6-4-12-28(31)29-13-5-7-17-32(29)39/h1-23H. The summed E-state index contributed by atoms with van der Waals surface area (Å²) in [7, 11) is -3.83. The van der Waals surface area contributed by atoms with Crippen LogP contribution in [0, 0.1) is 0 Å². The molecular formula is C37H23N3O2S. The van der Waals surface area contributed by atoms with Crippen LogP contribution in [0.1, 0.15) is 0 Å². The van der Waals surface area contributed by atoms with Crippen molar-refractivity contribution in [2.24, 2.45) is 0 Å². The number of fused-ring (bicyclic) bond motifs is 5. The van der Waals surface area contributed by atoms with E-state index in [-0.39, 0.29) is 4.90 Å². The maximum Gasteiger partial charge on any atom is 0.211 e. The van der Waals surface area contributed by atoms with E-state index in [1.807, 2.05) is 71.3 Å². The number of para-hydroxylation sites is 3. The van der Waals surface area contributed by atoms with Gasteiger partial charge in [-0.1, -0.05) is 97.1 Å². The van der Waals surface area contributed by atoms with Crippen LogP contribution in [-0.2, 0) is 9.84 Å². The quantitative estimate of drug-likeness (QED) is 0.213. The van der Waals surface area contributed by atoms with Gasteiger partial charge in [0, 0.05) is 27.6 Å². The Morgan fingerprint density at radius 3 is 1.91 bits per heavy atom. The van der Waals surface area contributed by atoms with Crippen molar-refractivity contribution in [2.75, 3.05) is 0 Å². The monoisotopic (exact) mass is 573 g/mol. The first-order chi connectivity index (χ1) is 21.1. The Labute approximate surface area is 247 Å². The molecular weight excluding hydrogens is 550 g/mol. The highest BCUT2D eigenvalue weighted by Gasteiger charge is 2.35. The van der Waals surface area contributed by atoms with E-state index in [9.17, 15) is 8.42 Å². The lowest BCUT2D eigenvalue weighted by molar-refractivity contribution is 0.595. The van der Waals surface area contributed by atoms with Gasteiger partial charge in [-0.3, -0.25) is 4.57 Å². The van der Waals surface area contributed by atoms with Gasteiger partial charge in [0.15, 0.2) is 0 Å². The lowest BCUT2D eigenvalue weighted by Crippen LogP contribution is -2.16. The molecule has 1 aliphatic rings. The molecule has 6 heteroatoms. The summed E-state index contributed by atoms with van der Waals surface area (Å²) >= 11 is 0. The Bertz CT molecular complexity index is 2460. The van der Waals surface area contributed by atoms with Gasteiger partial charge in [0.1, 0.15) is 10.7 Å². The normalized spacial score (nSPS) is 13.5. The number of benzene rings is 6. The number of nitrogens with zero attached hydrogens (tertiary/aromatic N) is 3. The van der Waals surface area contributed by atoms with Gasteiger partial charge >= 0.3 is 0 Å². The molecule has 0 bridgehead atoms. The smallest absolute Gasteiger partial charge is 0.211 e.